The average Bonchev–Trinajstić information content (AvgIpc) is 2.57. The molecule has 72 valence electrons. The standard InChI is InChI=1S/C11H12N2S/c1-8-3-4-10(7-9(8)2)13-6-5-11(14)12-13/h3-7H,1-2H3,(H,12,14). The van der Waals surface area contributed by atoms with Gasteiger partial charge in [0.2, 0.25) is 0 Å². The van der Waals surface area contributed by atoms with Gasteiger partial charge in [-0.05, 0) is 43.2 Å². The first kappa shape index (κ1) is 9.21. The average molecular weight is 204 g/mol. The Morgan fingerprint density at radius 2 is 1.93 bits per heavy atom. The van der Waals surface area contributed by atoms with Crippen LogP contribution >= 0.6 is 12.2 Å². The SMILES string of the molecule is Cc1ccc(-n2ccc(=S)[nH]2)cc1C. The van der Waals surface area contributed by atoms with Crippen LogP contribution in [0.4, 0.5) is 0 Å². The van der Waals surface area contributed by atoms with Gasteiger partial charge in [-0.3, -0.25) is 9.78 Å². The zero-order chi connectivity index (χ0) is 10.1. The quantitative estimate of drug-likeness (QED) is 0.708. The van der Waals surface area contributed by atoms with Crippen LogP contribution in [0.5, 0.6) is 0 Å². The molecule has 2 aromatic rings. The van der Waals surface area contributed by atoms with E-state index < -0.39 is 0 Å². The lowest BCUT2D eigenvalue weighted by molar-refractivity contribution is 0.872. The fraction of sp³-hybridized carbons (Fsp3) is 0.182. The Morgan fingerprint density at radius 3 is 2.50 bits per heavy atom. The summed E-state index contributed by atoms with van der Waals surface area (Å²) in [5, 5.41) is 3.07. The third kappa shape index (κ3) is 1.63. The number of benzene rings is 1. The van der Waals surface area contributed by atoms with Gasteiger partial charge in [0, 0.05) is 6.20 Å². The fourth-order valence-corrected chi connectivity index (χ4v) is 1.52. The molecule has 0 aliphatic carbocycles. The Hall–Kier alpha value is -1.35. The maximum atomic E-state index is 5.02. The van der Waals surface area contributed by atoms with Crippen LogP contribution in [0, 0.1) is 18.5 Å². The van der Waals surface area contributed by atoms with Crippen molar-refractivity contribution in [1.29, 1.82) is 0 Å². The summed E-state index contributed by atoms with van der Waals surface area (Å²) in [6.07, 6.45) is 1.94. The van der Waals surface area contributed by atoms with Crippen molar-refractivity contribution >= 4 is 12.2 Å². The first-order valence-corrected chi connectivity index (χ1v) is 4.93. The van der Waals surface area contributed by atoms with Crippen molar-refractivity contribution in [1.82, 2.24) is 9.78 Å². The Balaban J connectivity index is 2.52. The molecule has 14 heavy (non-hydrogen) atoms. The summed E-state index contributed by atoms with van der Waals surface area (Å²) < 4.78 is 2.68. The predicted molar refractivity (Wildman–Crippen MR) is 60.4 cm³/mol. The molecule has 3 heteroatoms. The number of nitrogens with one attached hydrogen (secondary N) is 1. The molecule has 0 aliphatic heterocycles. The van der Waals surface area contributed by atoms with Crippen molar-refractivity contribution in [3.05, 3.63) is 46.2 Å². The Labute approximate surface area is 88.2 Å². The number of hydrogen-bond donors (Lipinski definition) is 1. The minimum absolute atomic E-state index is 0.753. The zero-order valence-electron chi connectivity index (χ0n) is 8.24. The van der Waals surface area contributed by atoms with E-state index in [1.807, 2.05) is 16.9 Å². The number of aromatic nitrogens is 2. The van der Waals surface area contributed by atoms with Crippen LogP contribution in [0.2, 0.25) is 0 Å². The van der Waals surface area contributed by atoms with E-state index in [0.29, 0.717) is 0 Å². The molecule has 0 spiro atoms. The molecule has 1 aromatic carbocycles. The highest BCUT2D eigenvalue weighted by molar-refractivity contribution is 7.71. The zero-order valence-corrected chi connectivity index (χ0v) is 9.06. The van der Waals surface area contributed by atoms with Crippen molar-refractivity contribution in [2.45, 2.75) is 13.8 Å². The van der Waals surface area contributed by atoms with Crippen LogP contribution in [0.15, 0.2) is 30.5 Å². The molecule has 0 amide bonds. The van der Waals surface area contributed by atoms with Crippen LogP contribution in [-0.4, -0.2) is 9.78 Å². The second kappa shape index (κ2) is 3.42. The molecule has 1 aromatic heterocycles. The van der Waals surface area contributed by atoms with Gasteiger partial charge in [-0.2, -0.15) is 0 Å². The summed E-state index contributed by atoms with van der Waals surface area (Å²) in [7, 11) is 0. The molecule has 0 radical (unpaired) electrons. The number of aryl methyl sites for hydroxylation is 2. The van der Waals surface area contributed by atoms with E-state index in [1.54, 1.807) is 0 Å². The lowest BCUT2D eigenvalue weighted by atomic mass is 10.1. The number of aromatic amines is 1. The highest BCUT2D eigenvalue weighted by Gasteiger charge is 1.97. The molecule has 0 aliphatic rings. The Morgan fingerprint density at radius 1 is 1.14 bits per heavy atom. The van der Waals surface area contributed by atoms with Gasteiger partial charge in [0.15, 0.2) is 0 Å². The van der Waals surface area contributed by atoms with Crippen LogP contribution < -0.4 is 0 Å². The summed E-state index contributed by atoms with van der Waals surface area (Å²) in [6, 6.07) is 8.21. The molecule has 0 bridgehead atoms. The second-order valence-corrected chi connectivity index (χ2v) is 3.87. The summed E-state index contributed by atoms with van der Waals surface area (Å²) in [6.45, 7) is 4.22. The highest BCUT2D eigenvalue weighted by atomic mass is 32.1. The van der Waals surface area contributed by atoms with Gasteiger partial charge in [0.25, 0.3) is 0 Å². The van der Waals surface area contributed by atoms with Gasteiger partial charge >= 0.3 is 0 Å². The van der Waals surface area contributed by atoms with E-state index >= 15 is 0 Å². The van der Waals surface area contributed by atoms with E-state index in [1.165, 1.54) is 11.1 Å². The largest absolute Gasteiger partial charge is 0.284 e. The molecule has 2 rings (SSSR count). The van der Waals surface area contributed by atoms with E-state index in [-0.39, 0.29) is 0 Å². The second-order valence-electron chi connectivity index (χ2n) is 3.43. The van der Waals surface area contributed by atoms with Crippen LogP contribution in [0.3, 0.4) is 0 Å². The van der Waals surface area contributed by atoms with E-state index in [4.69, 9.17) is 12.2 Å². The number of hydrogen-bond acceptors (Lipinski definition) is 1. The van der Waals surface area contributed by atoms with Crippen LogP contribution in [-0.2, 0) is 0 Å². The van der Waals surface area contributed by atoms with Crippen molar-refractivity contribution in [2.75, 3.05) is 0 Å². The number of H-pyrrole nitrogens is 1. The first-order chi connectivity index (χ1) is 6.66. The summed E-state index contributed by atoms with van der Waals surface area (Å²) >= 11 is 5.02. The topological polar surface area (TPSA) is 20.7 Å². The summed E-state index contributed by atoms with van der Waals surface area (Å²) in [4.78, 5) is 0. The van der Waals surface area contributed by atoms with E-state index in [2.05, 4.69) is 37.1 Å². The van der Waals surface area contributed by atoms with Crippen molar-refractivity contribution in [3.63, 3.8) is 0 Å². The number of nitrogens with zero attached hydrogens (tertiary/aromatic N) is 1. The molecule has 0 atom stereocenters. The molecule has 0 saturated carbocycles. The van der Waals surface area contributed by atoms with Crippen molar-refractivity contribution in [3.8, 4) is 5.69 Å². The normalized spacial score (nSPS) is 10.4. The van der Waals surface area contributed by atoms with Gasteiger partial charge in [0.1, 0.15) is 4.64 Å². The van der Waals surface area contributed by atoms with Gasteiger partial charge in [-0.15, -0.1) is 0 Å². The first-order valence-electron chi connectivity index (χ1n) is 4.52. The molecular weight excluding hydrogens is 192 g/mol. The van der Waals surface area contributed by atoms with Gasteiger partial charge in [0.05, 0.1) is 5.69 Å². The minimum atomic E-state index is 0.753. The molecular formula is C11H12N2S. The van der Waals surface area contributed by atoms with Crippen molar-refractivity contribution < 1.29 is 0 Å². The van der Waals surface area contributed by atoms with E-state index in [0.717, 1.165) is 10.3 Å². The Bertz CT molecular complexity index is 508. The minimum Gasteiger partial charge on any atom is -0.284 e. The van der Waals surface area contributed by atoms with Gasteiger partial charge in [-0.25, -0.2) is 0 Å². The lowest BCUT2D eigenvalue weighted by Gasteiger charge is -2.05. The Kier molecular flexibility index (Phi) is 2.25. The third-order valence-corrected chi connectivity index (χ3v) is 2.60. The lowest BCUT2D eigenvalue weighted by Crippen LogP contribution is -1.95. The molecule has 0 saturated heterocycles. The van der Waals surface area contributed by atoms with E-state index in [9.17, 15) is 0 Å². The van der Waals surface area contributed by atoms with Crippen molar-refractivity contribution in [2.24, 2.45) is 0 Å². The molecule has 0 fully saturated rings. The molecule has 1 heterocycles. The number of rotatable bonds is 1. The molecule has 2 nitrogen and oxygen atoms in total. The summed E-state index contributed by atoms with van der Waals surface area (Å²) in [5.41, 5.74) is 3.71. The van der Waals surface area contributed by atoms with Gasteiger partial charge in [-0.1, -0.05) is 18.3 Å². The maximum Gasteiger partial charge on any atom is 0.119 e. The highest BCUT2D eigenvalue weighted by Crippen LogP contribution is 2.12. The van der Waals surface area contributed by atoms with Crippen LogP contribution in [0.1, 0.15) is 11.1 Å². The smallest absolute Gasteiger partial charge is 0.119 e. The predicted octanol–water partition coefficient (Wildman–Crippen LogP) is 3.15. The third-order valence-electron chi connectivity index (χ3n) is 2.37. The molecule has 0 unspecified atom stereocenters. The monoisotopic (exact) mass is 204 g/mol. The van der Waals surface area contributed by atoms with Crippen LogP contribution in [0.25, 0.3) is 5.69 Å². The fourth-order valence-electron chi connectivity index (χ4n) is 1.36. The van der Waals surface area contributed by atoms with Gasteiger partial charge < -0.3 is 0 Å². The molecule has 1 N–H and O–H groups in total. The maximum absolute atomic E-state index is 5.02. The summed E-state index contributed by atoms with van der Waals surface area (Å²) in [5.74, 6) is 0.